The van der Waals surface area contributed by atoms with Gasteiger partial charge in [0.25, 0.3) is 0 Å². The highest BCUT2D eigenvalue weighted by atomic mass is 32.1. The quantitative estimate of drug-likeness (QED) is 0.721. The molecule has 0 spiro atoms. The average molecular weight is 356 g/mol. The smallest absolute Gasteiger partial charge is 0.198 e. The van der Waals surface area contributed by atoms with E-state index in [1.165, 1.54) is 32.9 Å². The summed E-state index contributed by atoms with van der Waals surface area (Å²) in [7, 11) is 0. The Bertz CT molecular complexity index is 873. The second kappa shape index (κ2) is 6.12. The van der Waals surface area contributed by atoms with Gasteiger partial charge in [-0.3, -0.25) is 4.79 Å². The summed E-state index contributed by atoms with van der Waals surface area (Å²) in [6, 6.07) is 10.4. The number of fused-ring (bicyclic) bond motifs is 1. The lowest BCUT2D eigenvalue weighted by molar-refractivity contribution is 0.0908. The molecule has 4 nitrogen and oxygen atoms in total. The second-order valence-electron chi connectivity index (χ2n) is 5.87. The molecule has 2 aromatic heterocycles. The number of anilines is 1. The van der Waals surface area contributed by atoms with Gasteiger partial charge in [0.2, 0.25) is 0 Å². The molecule has 0 saturated carbocycles. The number of carbonyl (C=O) groups excluding carboxylic acids is 1. The third-order valence-corrected chi connectivity index (χ3v) is 6.42. The molecule has 0 fully saturated rings. The number of aromatic nitrogens is 1. The van der Waals surface area contributed by atoms with Crippen LogP contribution in [0, 0.1) is 6.92 Å². The van der Waals surface area contributed by atoms with E-state index in [1.54, 1.807) is 11.3 Å². The van der Waals surface area contributed by atoms with E-state index in [-0.39, 0.29) is 5.78 Å². The molecule has 0 amide bonds. The number of thiophene rings is 1. The number of hydrogen-bond donors (Lipinski definition) is 1. The van der Waals surface area contributed by atoms with Gasteiger partial charge in [-0.05, 0) is 24.1 Å². The number of carbonyl (C=O) groups is 1. The Morgan fingerprint density at radius 1 is 1.25 bits per heavy atom. The molecular weight excluding hydrogens is 340 g/mol. The van der Waals surface area contributed by atoms with Crippen LogP contribution in [0.5, 0.6) is 0 Å². The van der Waals surface area contributed by atoms with Crippen molar-refractivity contribution in [3.05, 3.63) is 57.4 Å². The molecule has 1 aliphatic heterocycles. The Morgan fingerprint density at radius 3 is 2.75 bits per heavy atom. The Labute approximate surface area is 148 Å². The molecule has 0 bridgehead atoms. The van der Waals surface area contributed by atoms with Crippen molar-refractivity contribution >= 4 is 33.6 Å². The van der Waals surface area contributed by atoms with E-state index >= 15 is 0 Å². The first-order valence-electron chi connectivity index (χ1n) is 7.67. The van der Waals surface area contributed by atoms with Crippen molar-refractivity contribution in [1.29, 1.82) is 0 Å². The van der Waals surface area contributed by atoms with Crippen LogP contribution in [0.1, 0.15) is 25.7 Å². The minimum absolute atomic E-state index is 0.197. The van der Waals surface area contributed by atoms with E-state index in [9.17, 15) is 4.79 Å². The number of ketones is 1. The molecular formula is C18H16N2O2S2. The van der Waals surface area contributed by atoms with Gasteiger partial charge >= 0.3 is 0 Å². The summed E-state index contributed by atoms with van der Waals surface area (Å²) in [5.41, 5.74) is 3.61. The minimum Gasteiger partial charge on any atom is -0.388 e. The number of hydrogen-bond acceptors (Lipinski definition) is 6. The van der Waals surface area contributed by atoms with Crippen molar-refractivity contribution in [1.82, 2.24) is 4.98 Å². The van der Waals surface area contributed by atoms with E-state index in [1.807, 2.05) is 12.3 Å². The Morgan fingerprint density at radius 2 is 2.04 bits per heavy atom. The van der Waals surface area contributed by atoms with Gasteiger partial charge < -0.3 is 10.0 Å². The van der Waals surface area contributed by atoms with Crippen LogP contribution < -0.4 is 4.90 Å². The lowest BCUT2D eigenvalue weighted by Gasteiger charge is -2.13. The fourth-order valence-electron chi connectivity index (χ4n) is 2.78. The molecule has 0 saturated heterocycles. The van der Waals surface area contributed by atoms with Gasteiger partial charge in [-0.15, -0.1) is 11.3 Å². The Balaban J connectivity index is 1.53. The fourth-order valence-corrected chi connectivity index (χ4v) is 4.82. The first-order valence-corrected chi connectivity index (χ1v) is 9.31. The van der Waals surface area contributed by atoms with E-state index in [0.717, 1.165) is 23.1 Å². The van der Waals surface area contributed by atoms with Crippen molar-refractivity contribution in [3.63, 3.8) is 0 Å². The number of aliphatic hydroxyl groups excluding tert-OH is 1. The first-order chi connectivity index (χ1) is 11.6. The molecule has 0 unspecified atom stereocenters. The normalized spacial score (nSPS) is 13.3. The molecule has 6 heteroatoms. The zero-order chi connectivity index (χ0) is 16.7. The number of benzene rings is 1. The summed E-state index contributed by atoms with van der Waals surface area (Å²) in [5, 5.41) is 9.98. The highest BCUT2D eigenvalue weighted by Crippen LogP contribution is 2.38. The predicted octanol–water partition coefficient (Wildman–Crippen LogP) is 3.88. The number of nitrogens with zero attached hydrogens (tertiary/aromatic N) is 2. The van der Waals surface area contributed by atoms with Crippen molar-refractivity contribution in [2.24, 2.45) is 0 Å². The summed E-state index contributed by atoms with van der Waals surface area (Å²) in [4.78, 5) is 21.4. The van der Waals surface area contributed by atoms with Gasteiger partial charge in [0.05, 0.1) is 16.3 Å². The number of aryl methyl sites for hydroxylation is 1. The highest BCUT2D eigenvalue weighted by molar-refractivity contribution is 7.19. The Kier molecular flexibility index (Phi) is 3.96. The van der Waals surface area contributed by atoms with Crippen LogP contribution >= 0.6 is 22.7 Å². The van der Waals surface area contributed by atoms with E-state index in [2.05, 4.69) is 41.1 Å². The maximum absolute atomic E-state index is 11.6. The summed E-state index contributed by atoms with van der Waals surface area (Å²) < 4.78 is 0. The summed E-state index contributed by atoms with van der Waals surface area (Å²) >= 11 is 3.17. The van der Waals surface area contributed by atoms with Crippen LogP contribution in [0.15, 0.2) is 36.5 Å². The average Bonchev–Trinajstić information content (AvgIpc) is 3.28. The molecule has 1 aromatic carbocycles. The maximum atomic E-state index is 11.6. The molecule has 122 valence electrons. The summed E-state index contributed by atoms with van der Waals surface area (Å²) in [6.45, 7) is 3.21. The van der Waals surface area contributed by atoms with Crippen LogP contribution in [-0.2, 0) is 13.1 Å². The zero-order valence-electron chi connectivity index (χ0n) is 13.2. The molecule has 0 atom stereocenters. The monoisotopic (exact) mass is 356 g/mol. The topological polar surface area (TPSA) is 53.4 Å². The molecule has 0 radical (unpaired) electrons. The zero-order valence-corrected chi connectivity index (χ0v) is 14.8. The predicted molar refractivity (Wildman–Crippen MR) is 97.9 cm³/mol. The van der Waals surface area contributed by atoms with Crippen molar-refractivity contribution in [3.8, 4) is 10.4 Å². The summed E-state index contributed by atoms with van der Waals surface area (Å²) in [6.07, 6.45) is 1.93. The van der Waals surface area contributed by atoms with Crippen LogP contribution in [0.4, 0.5) is 5.13 Å². The SMILES string of the molecule is Cc1ccc(-c2cnc(N3Cc4cc(C(=O)CO)sc4C3)s2)cc1. The van der Waals surface area contributed by atoms with E-state index in [0.29, 0.717) is 4.88 Å². The number of thiazole rings is 1. The van der Waals surface area contributed by atoms with Crippen molar-refractivity contribution in [2.75, 3.05) is 11.5 Å². The largest absolute Gasteiger partial charge is 0.388 e. The molecule has 3 heterocycles. The molecule has 24 heavy (non-hydrogen) atoms. The fraction of sp³-hybridized carbons (Fsp3) is 0.222. The van der Waals surface area contributed by atoms with Crippen LogP contribution in [0.2, 0.25) is 0 Å². The third-order valence-electron chi connectivity index (χ3n) is 4.11. The number of Topliss-reactive ketones (excluding diaryl/α,β-unsaturated/α-hetero) is 1. The van der Waals surface area contributed by atoms with Gasteiger partial charge in [0, 0.05) is 17.6 Å². The standard InChI is InChI=1S/C18H16N2O2S2/c1-11-2-4-12(5-3-11)16-7-19-18(24-16)20-8-13-6-15(14(22)10-21)23-17(13)9-20/h2-7,21H,8-10H2,1H3. The lowest BCUT2D eigenvalue weighted by Crippen LogP contribution is -2.14. The summed E-state index contributed by atoms with van der Waals surface area (Å²) in [5.74, 6) is -0.197. The van der Waals surface area contributed by atoms with E-state index in [4.69, 9.17) is 5.11 Å². The van der Waals surface area contributed by atoms with Gasteiger partial charge in [-0.25, -0.2) is 4.98 Å². The van der Waals surface area contributed by atoms with Crippen molar-refractivity contribution in [2.45, 2.75) is 20.0 Å². The molecule has 1 aliphatic rings. The third kappa shape index (κ3) is 2.77. The molecule has 4 rings (SSSR count). The van der Waals surface area contributed by atoms with E-state index < -0.39 is 6.61 Å². The second-order valence-corrected chi connectivity index (χ2v) is 8.02. The van der Waals surface area contributed by atoms with Crippen LogP contribution in [-0.4, -0.2) is 22.5 Å². The van der Waals surface area contributed by atoms with Gasteiger partial charge in [0.1, 0.15) is 6.61 Å². The van der Waals surface area contributed by atoms with Crippen molar-refractivity contribution < 1.29 is 9.90 Å². The first kappa shape index (κ1) is 15.5. The molecule has 0 aliphatic carbocycles. The van der Waals surface area contributed by atoms with Crippen LogP contribution in [0.3, 0.4) is 0 Å². The lowest BCUT2D eigenvalue weighted by atomic mass is 10.1. The number of rotatable bonds is 4. The van der Waals surface area contributed by atoms with Gasteiger partial charge in [-0.2, -0.15) is 0 Å². The maximum Gasteiger partial charge on any atom is 0.198 e. The van der Waals surface area contributed by atoms with Crippen LogP contribution in [0.25, 0.3) is 10.4 Å². The number of aliphatic hydroxyl groups is 1. The molecule has 1 N–H and O–H groups in total. The van der Waals surface area contributed by atoms with Gasteiger partial charge in [-0.1, -0.05) is 41.2 Å². The Hall–Kier alpha value is -2.02. The van der Waals surface area contributed by atoms with Gasteiger partial charge in [0.15, 0.2) is 10.9 Å². The minimum atomic E-state index is -0.421. The molecule has 3 aromatic rings. The highest BCUT2D eigenvalue weighted by Gasteiger charge is 2.25.